The van der Waals surface area contributed by atoms with Crippen LogP contribution in [0.5, 0.6) is 0 Å². The molecule has 1 atom stereocenters. The Morgan fingerprint density at radius 1 is 1.33 bits per heavy atom. The first-order chi connectivity index (χ1) is 11.4. The number of aromatic nitrogens is 1. The Hall–Kier alpha value is -2.21. The number of carboxylic acids is 1. The molecular formula is C18H20N2O3S. The number of carboxylic acid groups (broad SMARTS) is 1. The van der Waals surface area contributed by atoms with Gasteiger partial charge in [-0.15, -0.1) is 11.3 Å². The van der Waals surface area contributed by atoms with Gasteiger partial charge in [0.15, 0.2) is 0 Å². The lowest BCUT2D eigenvalue weighted by Gasteiger charge is -2.19. The molecule has 0 unspecified atom stereocenters. The molecule has 0 saturated carbocycles. The van der Waals surface area contributed by atoms with E-state index in [1.54, 1.807) is 11.8 Å². The van der Waals surface area contributed by atoms with E-state index in [0.717, 1.165) is 16.3 Å². The quantitative estimate of drug-likeness (QED) is 0.926. The predicted molar refractivity (Wildman–Crippen MR) is 92.4 cm³/mol. The Balaban J connectivity index is 1.76. The fourth-order valence-electron chi connectivity index (χ4n) is 2.95. The van der Waals surface area contributed by atoms with Crippen LogP contribution in [0.2, 0.25) is 0 Å². The van der Waals surface area contributed by atoms with Crippen LogP contribution >= 0.6 is 11.3 Å². The first-order valence-electron chi connectivity index (χ1n) is 7.92. The van der Waals surface area contributed by atoms with Gasteiger partial charge in [-0.1, -0.05) is 30.3 Å². The highest BCUT2D eigenvalue weighted by Crippen LogP contribution is 2.32. The van der Waals surface area contributed by atoms with Crippen molar-refractivity contribution in [2.45, 2.75) is 26.7 Å². The van der Waals surface area contributed by atoms with Crippen LogP contribution in [0.3, 0.4) is 0 Å². The summed E-state index contributed by atoms with van der Waals surface area (Å²) in [6.45, 7) is 4.27. The van der Waals surface area contributed by atoms with Crippen LogP contribution in [0.25, 0.3) is 0 Å². The highest BCUT2D eigenvalue weighted by atomic mass is 32.1. The number of hydrogen-bond donors (Lipinski definition) is 1. The van der Waals surface area contributed by atoms with Gasteiger partial charge in [0.05, 0.1) is 16.1 Å². The molecule has 24 heavy (non-hydrogen) atoms. The van der Waals surface area contributed by atoms with Crippen molar-refractivity contribution in [3.63, 3.8) is 0 Å². The topological polar surface area (TPSA) is 70.5 Å². The number of benzene rings is 1. The predicted octanol–water partition coefficient (Wildman–Crippen LogP) is 2.98. The molecule has 1 N–H and O–H groups in total. The fraction of sp³-hybridized carbons (Fsp3) is 0.389. The zero-order valence-electron chi connectivity index (χ0n) is 13.8. The molecule has 126 valence electrons. The third-order valence-electron chi connectivity index (χ3n) is 4.51. The molecule has 2 aromatic rings. The van der Waals surface area contributed by atoms with Crippen LogP contribution in [0.1, 0.15) is 39.3 Å². The molecule has 1 aromatic carbocycles. The van der Waals surface area contributed by atoms with E-state index in [0.29, 0.717) is 24.3 Å². The van der Waals surface area contributed by atoms with Crippen molar-refractivity contribution in [3.8, 4) is 0 Å². The van der Waals surface area contributed by atoms with E-state index in [4.69, 9.17) is 0 Å². The summed E-state index contributed by atoms with van der Waals surface area (Å²) in [6.07, 6.45) is 1.19. The minimum absolute atomic E-state index is 0.103. The average Bonchev–Trinajstić information content (AvgIpc) is 3.12. The van der Waals surface area contributed by atoms with Crippen LogP contribution < -0.4 is 0 Å². The monoisotopic (exact) mass is 344 g/mol. The number of likely N-dealkylation sites (tertiary alicyclic amines) is 1. The molecule has 0 spiro atoms. The van der Waals surface area contributed by atoms with Crippen molar-refractivity contribution in [1.82, 2.24) is 9.88 Å². The maximum Gasteiger partial charge on any atom is 0.311 e. The summed E-state index contributed by atoms with van der Waals surface area (Å²) in [7, 11) is 0. The lowest BCUT2D eigenvalue weighted by atomic mass is 9.90. The summed E-state index contributed by atoms with van der Waals surface area (Å²) in [6, 6.07) is 10.0. The van der Waals surface area contributed by atoms with Crippen LogP contribution in [-0.2, 0) is 11.2 Å². The second kappa shape index (κ2) is 6.36. The van der Waals surface area contributed by atoms with Gasteiger partial charge in [0.25, 0.3) is 5.91 Å². The first kappa shape index (κ1) is 16.6. The Bertz CT molecular complexity index is 772. The molecule has 1 aliphatic heterocycles. The largest absolute Gasteiger partial charge is 0.481 e. The zero-order valence-corrected chi connectivity index (χ0v) is 14.6. The molecular weight excluding hydrogens is 324 g/mol. The van der Waals surface area contributed by atoms with Gasteiger partial charge in [-0.2, -0.15) is 0 Å². The number of amides is 1. The van der Waals surface area contributed by atoms with Crippen molar-refractivity contribution in [3.05, 3.63) is 51.5 Å². The standard InChI is InChI=1S/C18H20N2O3S/c1-12-15(16(21)20-9-8-18(2,11-20)17(22)23)24-14(19-12)10-13-6-4-3-5-7-13/h3-7H,8-11H2,1-2H3,(H,22,23)/t18-/m1/s1. The minimum Gasteiger partial charge on any atom is -0.481 e. The molecule has 6 heteroatoms. The van der Waals surface area contributed by atoms with E-state index < -0.39 is 11.4 Å². The highest BCUT2D eigenvalue weighted by Gasteiger charge is 2.42. The Morgan fingerprint density at radius 3 is 2.67 bits per heavy atom. The average molecular weight is 344 g/mol. The van der Waals surface area contributed by atoms with Crippen molar-refractivity contribution in [2.24, 2.45) is 5.41 Å². The number of nitrogens with zero attached hydrogens (tertiary/aromatic N) is 2. The molecule has 0 radical (unpaired) electrons. The highest BCUT2D eigenvalue weighted by molar-refractivity contribution is 7.13. The van der Waals surface area contributed by atoms with Crippen molar-refractivity contribution < 1.29 is 14.7 Å². The fourth-order valence-corrected chi connectivity index (χ4v) is 4.02. The van der Waals surface area contributed by atoms with Gasteiger partial charge >= 0.3 is 5.97 Å². The zero-order chi connectivity index (χ0) is 17.3. The number of rotatable bonds is 4. The third kappa shape index (κ3) is 3.19. The van der Waals surface area contributed by atoms with Crippen LogP contribution in [0.4, 0.5) is 0 Å². The van der Waals surface area contributed by atoms with E-state index in [9.17, 15) is 14.7 Å². The Morgan fingerprint density at radius 2 is 2.04 bits per heavy atom. The molecule has 1 amide bonds. The van der Waals surface area contributed by atoms with Crippen molar-refractivity contribution in [1.29, 1.82) is 0 Å². The summed E-state index contributed by atoms with van der Waals surface area (Å²) in [5.41, 5.74) is 1.03. The Labute approximate surface area is 145 Å². The summed E-state index contributed by atoms with van der Waals surface area (Å²) in [4.78, 5) is 30.9. The molecule has 0 aliphatic carbocycles. The molecule has 1 fully saturated rings. The lowest BCUT2D eigenvalue weighted by molar-refractivity contribution is -0.147. The van der Waals surface area contributed by atoms with Crippen molar-refractivity contribution >= 4 is 23.2 Å². The summed E-state index contributed by atoms with van der Waals surface area (Å²) in [5.74, 6) is -0.946. The molecule has 1 aromatic heterocycles. The summed E-state index contributed by atoms with van der Waals surface area (Å²) < 4.78 is 0. The van der Waals surface area contributed by atoms with Gasteiger partial charge in [-0.3, -0.25) is 9.59 Å². The van der Waals surface area contributed by atoms with Gasteiger partial charge < -0.3 is 10.0 Å². The normalized spacial score (nSPS) is 20.3. The van der Waals surface area contributed by atoms with E-state index in [-0.39, 0.29) is 12.5 Å². The number of carbonyl (C=O) groups is 2. The second-order valence-electron chi connectivity index (χ2n) is 6.53. The molecule has 0 bridgehead atoms. The van der Waals surface area contributed by atoms with Crippen molar-refractivity contribution in [2.75, 3.05) is 13.1 Å². The van der Waals surface area contributed by atoms with Gasteiger partial charge in [0.1, 0.15) is 4.88 Å². The molecule has 2 heterocycles. The molecule has 1 aliphatic rings. The molecule has 3 rings (SSSR count). The van der Waals surface area contributed by atoms with Gasteiger partial charge in [-0.25, -0.2) is 4.98 Å². The second-order valence-corrected chi connectivity index (χ2v) is 7.61. The van der Waals surface area contributed by atoms with E-state index in [2.05, 4.69) is 4.98 Å². The number of aliphatic carboxylic acids is 1. The molecule has 1 saturated heterocycles. The summed E-state index contributed by atoms with van der Waals surface area (Å²) >= 11 is 1.41. The maximum absolute atomic E-state index is 12.7. The Kier molecular flexibility index (Phi) is 4.41. The van der Waals surface area contributed by atoms with E-state index >= 15 is 0 Å². The van der Waals surface area contributed by atoms with E-state index in [1.165, 1.54) is 11.3 Å². The van der Waals surface area contributed by atoms with E-state index in [1.807, 2.05) is 37.3 Å². The van der Waals surface area contributed by atoms with Gasteiger partial charge in [0.2, 0.25) is 0 Å². The van der Waals surface area contributed by atoms with Crippen LogP contribution in [0.15, 0.2) is 30.3 Å². The number of thiazole rings is 1. The minimum atomic E-state index is -0.846. The number of hydrogen-bond acceptors (Lipinski definition) is 4. The summed E-state index contributed by atoms with van der Waals surface area (Å²) in [5, 5.41) is 10.2. The van der Waals surface area contributed by atoms with Crippen LogP contribution in [-0.4, -0.2) is 40.0 Å². The van der Waals surface area contributed by atoms with Gasteiger partial charge in [0, 0.05) is 19.5 Å². The van der Waals surface area contributed by atoms with Gasteiger partial charge in [-0.05, 0) is 25.8 Å². The third-order valence-corrected chi connectivity index (χ3v) is 5.66. The number of aryl methyl sites for hydroxylation is 1. The SMILES string of the molecule is Cc1nc(Cc2ccccc2)sc1C(=O)N1CC[C@@](C)(C(=O)O)C1. The maximum atomic E-state index is 12.7. The first-order valence-corrected chi connectivity index (χ1v) is 8.73. The lowest BCUT2D eigenvalue weighted by Crippen LogP contribution is -2.34. The number of carbonyl (C=O) groups excluding carboxylic acids is 1. The van der Waals surface area contributed by atoms with Crippen LogP contribution in [0, 0.1) is 12.3 Å². The smallest absolute Gasteiger partial charge is 0.311 e. The molecule has 5 nitrogen and oxygen atoms in total.